The topological polar surface area (TPSA) is 68.2 Å². The number of carbonyl (C=O) groups excluding carboxylic acids is 1. The summed E-state index contributed by atoms with van der Waals surface area (Å²) in [5.41, 5.74) is 0.990. The minimum absolute atomic E-state index is 0.0237. The van der Waals surface area contributed by atoms with Crippen LogP contribution >= 0.6 is 23.1 Å². The highest BCUT2D eigenvalue weighted by atomic mass is 32.2. The number of nitrogens with zero attached hydrogens (tertiary/aromatic N) is 4. The van der Waals surface area contributed by atoms with Gasteiger partial charge in [-0.05, 0) is 31.9 Å². The van der Waals surface area contributed by atoms with Crippen molar-refractivity contribution < 1.29 is 9.53 Å². The highest BCUT2D eigenvalue weighted by Crippen LogP contribution is 2.29. The zero-order valence-corrected chi connectivity index (χ0v) is 16.6. The normalized spacial score (nSPS) is 17.2. The molecule has 0 bridgehead atoms. The number of piperidine rings is 1. The van der Waals surface area contributed by atoms with E-state index in [1.54, 1.807) is 23.6 Å². The minimum atomic E-state index is -0.0237. The number of aryl methyl sites for hydroxylation is 1. The molecule has 1 aliphatic rings. The summed E-state index contributed by atoms with van der Waals surface area (Å²) in [6.45, 7) is 3.22. The molecule has 140 valence electrons. The molecule has 1 fully saturated rings. The number of carbonyl (C=O) groups is 1. The van der Waals surface area contributed by atoms with Gasteiger partial charge in [-0.15, -0.1) is 11.3 Å². The maximum absolute atomic E-state index is 12.6. The summed E-state index contributed by atoms with van der Waals surface area (Å²) in [4.78, 5) is 27.5. The Morgan fingerprint density at radius 3 is 3.07 bits per heavy atom. The highest BCUT2D eigenvalue weighted by molar-refractivity contribution is 8.01. The van der Waals surface area contributed by atoms with E-state index in [0.717, 1.165) is 33.9 Å². The molecule has 0 saturated carbocycles. The standard InChI is InChI=1S/C19H20N4O2S2/c1-13-20-9-8-17(21-13)25-14-5-4-10-23(11-14)18(24)12-26-19-22-15-6-2-3-7-16(15)27-19/h2-3,6-9,14H,4-5,10-12H2,1H3. The summed E-state index contributed by atoms with van der Waals surface area (Å²) < 4.78 is 8.04. The number of hydrogen-bond acceptors (Lipinski definition) is 7. The van der Waals surface area contributed by atoms with Crippen LogP contribution < -0.4 is 4.74 Å². The largest absolute Gasteiger partial charge is 0.472 e. The van der Waals surface area contributed by atoms with Crippen molar-refractivity contribution in [2.75, 3.05) is 18.8 Å². The Morgan fingerprint density at radius 2 is 2.22 bits per heavy atom. The van der Waals surface area contributed by atoms with Crippen LogP contribution in [-0.4, -0.2) is 50.7 Å². The molecule has 1 amide bonds. The van der Waals surface area contributed by atoms with Crippen molar-refractivity contribution in [2.45, 2.75) is 30.2 Å². The van der Waals surface area contributed by atoms with Crippen LogP contribution in [0, 0.1) is 6.92 Å². The summed E-state index contributed by atoms with van der Waals surface area (Å²) in [5.74, 6) is 1.79. The number of thiazole rings is 1. The third-order valence-corrected chi connectivity index (χ3v) is 6.53. The summed E-state index contributed by atoms with van der Waals surface area (Å²) >= 11 is 3.14. The zero-order valence-electron chi connectivity index (χ0n) is 15.0. The lowest BCUT2D eigenvalue weighted by atomic mass is 10.1. The molecule has 6 nitrogen and oxygen atoms in total. The Morgan fingerprint density at radius 1 is 1.33 bits per heavy atom. The monoisotopic (exact) mass is 400 g/mol. The van der Waals surface area contributed by atoms with Crippen LogP contribution in [0.5, 0.6) is 5.88 Å². The van der Waals surface area contributed by atoms with Crippen molar-refractivity contribution in [1.82, 2.24) is 19.9 Å². The first-order valence-electron chi connectivity index (χ1n) is 8.90. The number of benzene rings is 1. The van der Waals surface area contributed by atoms with Crippen LogP contribution in [0.1, 0.15) is 18.7 Å². The number of thioether (sulfide) groups is 1. The first-order chi connectivity index (χ1) is 13.2. The van der Waals surface area contributed by atoms with Crippen molar-refractivity contribution in [3.8, 4) is 5.88 Å². The van der Waals surface area contributed by atoms with Gasteiger partial charge in [0, 0.05) is 18.8 Å². The molecule has 0 radical (unpaired) electrons. The van der Waals surface area contributed by atoms with Gasteiger partial charge in [0.2, 0.25) is 11.8 Å². The number of rotatable bonds is 5. The molecule has 8 heteroatoms. The number of ether oxygens (including phenoxy) is 1. The Hall–Kier alpha value is -2.19. The molecule has 3 heterocycles. The number of likely N-dealkylation sites (tertiary alicyclic amines) is 1. The fourth-order valence-corrected chi connectivity index (χ4v) is 5.03. The average Bonchev–Trinajstić information content (AvgIpc) is 3.09. The van der Waals surface area contributed by atoms with E-state index in [2.05, 4.69) is 21.0 Å². The molecule has 0 aliphatic carbocycles. The number of aromatic nitrogens is 3. The zero-order chi connectivity index (χ0) is 18.6. The van der Waals surface area contributed by atoms with Gasteiger partial charge in [-0.1, -0.05) is 23.9 Å². The van der Waals surface area contributed by atoms with Crippen LogP contribution in [0.15, 0.2) is 40.9 Å². The molecule has 0 spiro atoms. The predicted molar refractivity (Wildman–Crippen MR) is 107 cm³/mol. The van der Waals surface area contributed by atoms with Crippen LogP contribution in [0.3, 0.4) is 0 Å². The van der Waals surface area contributed by atoms with Crippen molar-refractivity contribution in [3.63, 3.8) is 0 Å². The maximum atomic E-state index is 12.6. The van der Waals surface area contributed by atoms with E-state index >= 15 is 0 Å². The third-order valence-electron chi connectivity index (χ3n) is 4.36. The molecule has 0 N–H and O–H groups in total. The van der Waals surface area contributed by atoms with E-state index in [9.17, 15) is 4.79 Å². The molecule has 3 aromatic rings. The van der Waals surface area contributed by atoms with Gasteiger partial charge in [0.1, 0.15) is 11.9 Å². The van der Waals surface area contributed by atoms with Gasteiger partial charge in [-0.3, -0.25) is 4.79 Å². The van der Waals surface area contributed by atoms with E-state index in [1.165, 1.54) is 11.8 Å². The quantitative estimate of drug-likeness (QED) is 0.610. The fraction of sp³-hybridized carbons (Fsp3) is 0.368. The third kappa shape index (κ3) is 4.56. The van der Waals surface area contributed by atoms with E-state index in [1.807, 2.05) is 30.0 Å². The Bertz CT molecular complexity index is 913. The second-order valence-corrected chi connectivity index (χ2v) is 8.65. The molecular weight excluding hydrogens is 380 g/mol. The van der Waals surface area contributed by atoms with Crippen molar-refractivity contribution >= 4 is 39.2 Å². The molecule has 27 heavy (non-hydrogen) atoms. The molecule has 2 aromatic heterocycles. The Labute approximate surface area is 166 Å². The lowest BCUT2D eigenvalue weighted by molar-refractivity contribution is -0.130. The maximum Gasteiger partial charge on any atom is 0.233 e. The van der Waals surface area contributed by atoms with E-state index in [4.69, 9.17) is 4.74 Å². The molecule has 1 aromatic carbocycles. The predicted octanol–water partition coefficient (Wildman–Crippen LogP) is 3.56. The molecule has 1 unspecified atom stereocenters. The highest BCUT2D eigenvalue weighted by Gasteiger charge is 2.25. The summed E-state index contributed by atoms with van der Waals surface area (Å²) in [5, 5.41) is 0. The van der Waals surface area contributed by atoms with Crippen molar-refractivity contribution in [2.24, 2.45) is 0 Å². The average molecular weight is 401 g/mol. The van der Waals surface area contributed by atoms with Gasteiger partial charge < -0.3 is 9.64 Å². The van der Waals surface area contributed by atoms with Gasteiger partial charge in [0.15, 0.2) is 4.34 Å². The van der Waals surface area contributed by atoms with E-state index in [-0.39, 0.29) is 12.0 Å². The summed E-state index contributed by atoms with van der Waals surface area (Å²) in [6, 6.07) is 9.80. The first-order valence-corrected chi connectivity index (χ1v) is 10.7. The van der Waals surface area contributed by atoms with Gasteiger partial charge in [-0.25, -0.2) is 9.97 Å². The molecule has 1 saturated heterocycles. The van der Waals surface area contributed by atoms with E-state index < -0.39 is 0 Å². The first kappa shape index (κ1) is 18.2. The van der Waals surface area contributed by atoms with Crippen LogP contribution in [0.2, 0.25) is 0 Å². The van der Waals surface area contributed by atoms with Crippen LogP contribution in [0.4, 0.5) is 0 Å². The lowest BCUT2D eigenvalue weighted by Crippen LogP contribution is -2.45. The second-order valence-electron chi connectivity index (χ2n) is 6.40. The molecular formula is C19H20N4O2S2. The van der Waals surface area contributed by atoms with Crippen molar-refractivity contribution in [1.29, 1.82) is 0 Å². The van der Waals surface area contributed by atoms with Gasteiger partial charge in [-0.2, -0.15) is 4.98 Å². The number of fused-ring (bicyclic) bond motifs is 1. The van der Waals surface area contributed by atoms with Gasteiger partial charge in [0.05, 0.1) is 22.5 Å². The lowest BCUT2D eigenvalue weighted by Gasteiger charge is -2.32. The SMILES string of the molecule is Cc1nccc(OC2CCCN(C(=O)CSc3nc4ccccc4s3)C2)n1. The van der Waals surface area contributed by atoms with Gasteiger partial charge in [0.25, 0.3) is 0 Å². The fourth-order valence-electron chi connectivity index (χ4n) is 3.06. The Kier molecular flexibility index (Phi) is 5.54. The molecule has 1 atom stereocenters. The smallest absolute Gasteiger partial charge is 0.233 e. The molecule has 1 aliphatic heterocycles. The number of amides is 1. The van der Waals surface area contributed by atoms with Crippen LogP contribution in [0.25, 0.3) is 10.2 Å². The van der Waals surface area contributed by atoms with Crippen LogP contribution in [-0.2, 0) is 4.79 Å². The summed E-state index contributed by atoms with van der Waals surface area (Å²) in [6.07, 6.45) is 3.53. The number of para-hydroxylation sites is 1. The molecule has 4 rings (SSSR count). The Balaban J connectivity index is 1.32. The van der Waals surface area contributed by atoms with Crippen molar-refractivity contribution in [3.05, 3.63) is 42.4 Å². The van der Waals surface area contributed by atoms with E-state index in [0.29, 0.717) is 24.0 Å². The summed E-state index contributed by atoms with van der Waals surface area (Å²) in [7, 11) is 0. The minimum Gasteiger partial charge on any atom is -0.472 e. The number of hydrogen-bond donors (Lipinski definition) is 0. The van der Waals surface area contributed by atoms with Gasteiger partial charge >= 0.3 is 0 Å². The second kappa shape index (κ2) is 8.22.